The van der Waals surface area contributed by atoms with Gasteiger partial charge in [0, 0.05) is 30.4 Å². The monoisotopic (exact) mass is 758 g/mol. The maximum atomic E-state index is 13.2. The lowest BCUT2D eigenvalue weighted by atomic mass is 9.79. The van der Waals surface area contributed by atoms with Crippen molar-refractivity contribution in [1.82, 2.24) is 9.97 Å². The lowest BCUT2D eigenvalue weighted by Gasteiger charge is -2.36. The molecule has 2 N–H and O–H groups in total. The number of esters is 2. The van der Waals surface area contributed by atoms with Crippen molar-refractivity contribution in [3.63, 3.8) is 0 Å². The summed E-state index contributed by atoms with van der Waals surface area (Å²) in [5.74, 6) is -0.830. The third-order valence-corrected chi connectivity index (χ3v) is 9.62. The summed E-state index contributed by atoms with van der Waals surface area (Å²) in [5.41, 5.74) is -1.66. The van der Waals surface area contributed by atoms with Gasteiger partial charge in [0.15, 0.2) is 17.3 Å². The average molecular weight is 759 g/mol. The Kier molecular flexibility index (Phi) is 15.7. The first-order chi connectivity index (χ1) is 26.3. The second-order valence-electron chi connectivity index (χ2n) is 14.5. The number of hydrogen-bond acceptors (Lipinski definition) is 12. The second kappa shape index (κ2) is 20.2. The molecule has 0 amide bonds. The van der Waals surface area contributed by atoms with E-state index in [1.54, 1.807) is 49.6 Å². The van der Waals surface area contributed by atoms with Gasteiger partial charge in [0.25, 0.3) is 0 Å². The van der Waals surface area contributed by atoms with Gasteiger partial charge in [0.2, 0.25) is 5.89 Å². The van der Waals surface area contributed by atoms with Crippen molar-refractivity contribution < 1.29 is 47.6 Å². The van der Waals surface area contributed by atoms with Gasteiger partial charge in [-0.05, 0) is 26.3 Å². The lowest BCUT2D eigenvalue weighted by molar-refractivity contribution is -0.0457. The molecule has 2 aromatic heterocycles. The fourth-order valence-corrected chi connectivity index (χ4v) is 5.65. The minimum Gasteiger partial charge on any atom is -0.457 e. The normalized spacial score (nSPS) is 30.1. The Hall–Kier alpha value is -4.88. The number of allylic oxidation sites excluding steroid dienone is 8. The van der Waals surface area contributed by atoms with Crippen LogP contribution in [0.3, 0.4) is 0 Å². The molecular weight excluding hydrogens is 704 g/mol. The summed E-state index contributed by atoms with van der Waals surface area (Å²) in [6, 6.07) is 0. The molecular formula is C43H54N2O10. The van der Waals surface area contributed by atoms with Gasteiger partial charge in [-0.2, -0.15) is 0 Å². The predicted octanol–water partition coefficient (Wildman–Crippen LogP) is 7.25. The van der Waals surface area contributed by atoms with E-state index in [-0.39, 0.29) is 35.9 Å². The Labute approximate surface area is 323 Å². The van der Waals surface area contributed by atoms with Gasteiger partial charge in [-0.1, -0.05) is 113 Å². The topological polar surface area (TPSA) is 167 Å². The van der Waals surface area contributed by atoms with E-state index in [0.717, 1.165) is 0 Å². The molecule has 2 aromatic rings. The number of rotatable bonds is 5. The summed E-state index contributed by atoms with van der Waals surface area (Å²) in [6.07, 6.45) is 28.1. The molecule has 0 saturated carbocycles. The van der Waals surface area contributed by atoms with Gasteiger partial charge in [-0.25, -0.2) is 19.6 Å². The van der Waals surface area contributed by atoms with Crippen molar-refractivity contribution in [2.45, 2.75) is 104 Å². The summed E-state index contributed by atoms with van der Waals surface area (Å²) in [5, 5.41) is 22.1. The largest absolute Gasteiger partial charge is 0.457 e. The highest BCUT2D eigenvalue weighted by molar-refractivity contribution is 5.87. The van der Waals surface area contributed by atoms with E-state index in [4.69, 9.17) is 27.8 Å². The minimum absolute atomic E-state index is 0.00918. The predicted molar refractivity (Wildman–Crippen MR) is 208 cm³/mol. The number of methoxy groups -OCH3 is 1. The van der Waals surface area contributed by atoms with Crippen molar-refractivity contribution in [1.29, 1.82) is 0 Å². The molecule has 55 heavy (non-hydrogen) atoms. The Morgan fingerprint density at radius 2 is 1.56 bits per heavy atom. The number of epoxide rings is 1. The van der Waals surface area contributed by atoms with Gasteiger partial charge in [-0.3, -0.25) is 0 Å². The number of aliphatic hydroxyl groups is 2. The van der Waals surface area contributed by atoms with Crippen LogP contribution in [-0.2, 0) is 25.4 Å². The van der Waals surface area contributed by atoms with Crippen LogP contribution < -0.4 is 0 Å². The van der Waals surface area contributed by atoms with Gasteiger partial charge in [-0.15, -0.1) is 0 Å². The molecule has 296 valence electrons. The van der Waals surface area contributed by atoms with Crippen molar-refractivity contribution in [3.05, 3.63) is 127 Å². The van der Waals surface area contributed by atoms with E-state index in [1.165, 1.54) is 12.5 Å². The quantitative estimate of drug-likeness (QED) is 0.178. The number of carbonyl (C=O) groups is 2. The number of ether oxygens (including phenoxy) is 4. The van der Waals surface area contributed by atoms with E-state index in [0.29, 0.717) is 18.7 Å². The van der Waals surface area contributed by atoms with Gasteiger partial charge in [0.05, 0.1) is 24.7 Å². The molecule has 0 aliphatic carbocycles. The highest BCUT2D eigenvalue weighted by Gasteiger charge is 2.39. The summed E-state index contributed by atoms with van der Waals surface area (Å²) in [6.45, 7) is 11.0. The number of fused-ring (bicyclic) bond motifs is 5. The van der Waals surface area contributed by atoms with E-state index < -0.39 is 53.3 Å². The number of oxazole rings is 2. The molecule has 0 aromatic carbocycles. The van der Waals surface area contributed by atoms with Crippen LogP contribution in [0.25, 0.3) is 6.08 Å². The van der Waals surface area contributed by atoms with E-state index in [2.05, 4.69) is 9.97 Å². The molecule has 4 rings (SSSR count). The molecule has 4 heterocycles. The molecule has 0 spiro atoms. The average Bonchev–Trinajstić information content (AvgIpc) is 3.47. The van der Waals surface area contributed by atoms with Crippen LogP contribution in [0.4, 0.5) is 0 Å². The standard InChI is InChI=1S/C43H54N2O10/c1-8-18-34(46)42(3,4)37-24-14-12-10-11-13-20-29(50-7)26-39-45-31(28-52-39)41(49)54-36(19-9-2)43(5,6)35(47)23-17-22-33-32(53-33)21-15-16-25-38-44-30(27-51-38)40(48)55-37/h8-22,25,27-29,32-37,46-47H,23-24,26H2,1-7H3/b11-10-,14-12+,18-8+,19-9-,20-13+,21-15+,22-17+,25-16+. The Morgan fingerprint density at radius 3 is 2.31 bits per heavy atom. The summed E-state index contributed by atoms with van der Waals surface area (Å²) >= 11 is 0. The number of hydrogen-bond donors (Lipinski definition) is 2. The van der Waals surface area contributed by atoms with E-state index >= 15 is 0 Å². The third kappa shape index (κ3) is 12.3. The lowest BCUT2D eigenvalue weighted by Crippen LogP contribution is -2.42. The van der Waals surface area contributed by atoms with Crippen LogP contribution in [0.15, 0.2) is 113 Å². The second-order valence-corrected chi connectivity index (χ2v) is 14.5. The molecule has 12 nitrogen and oxygen atoms in total. The van der Waals surface area contributed by atoms with Crippen LogP contribution in [0.2, 0.25) is 0 Å². The first-order valence-corrected chi connectivity index (χ1v) is 18.4. The molecule has 2 aliphatic rings. The highest BCUT2D eigenvalue weighted by Crippen LogP contribution is 2.34. The Bertz CT molecular complexity index is 1800. The smallest absolute Gasteiger partial charge is 0.360 e. The number of aliphatic hydroxyl groups excluding tert-OH is 2. The van der Waals surface area contributed by atoms with E-state index in [9.17, 15) is 19.8 Å². The van der Waals surface area contributed by atoms with Gasteiger partial charge in [0.1, 0.15) is 36.9 Å². The maximum Gasteiger partial charge on any atom is 0.360 e. The third-order valence-electron chi connectivity index (χ3n) is 9.62. The fourth-order valence-electron chi connectivity index (χ4n) is 5.65. The zero-order valence-electron chi connectivity index (χ0n) is 32.6. The molecule has 7 unspecified atom stereocenters. The number of carbonyl (C=O) groups excluding carboxylic acids is 2. The zero-order chi connectivity index (χ0) is 40.0. The molecule has 1 fully saturated rings. The van der Waals surface area contributed by atoms with E-state index in [1.807, 2.05) is 96.2 Å². The summed E-state index contributed by atoms with van der Waals surface area (Å²) in [4.78, 5) is 35.0. The van der Waals surface area contributed by atoms with Gasteiger partial charge >= 0.3 is 11.9 Å². The number of nitrogens with zero attached hydrogens (tertiary/aromatic N) is 2. The van der Waals surface area contributed by atoms with Crippen molar-refractivity contribution in [2.75, 3.05) is 7.11 Å². The first kappa shape index (κ1) is 42.9. The number of cyclic esters (lactones) is 2. The zero-order valence-corrected chi connectivity index (χ0v) is 32.6. The summed E-state index contributed by atoms with van der Waals surface area (Å²) in [7, 11) is 1.56. The molecule has 0 radical (unpaired) electrons. The molecule has 4 bridgehead atoms. The molecule has 12 heteroatoms. The molecule has 1 saturated heterocycles. The van der Waals surface area contributed by atoms with Crippen LogP contribution >= 0.6 is 0 Å². The van der Waals surface area contributed by atoms with Crippen LogP contribution in [0.1, 0.15) is 87.1 Å². The molecule has 7 atom stereocenters. The van der Waals surface area contributed by atoms with Crippen LogP contribution in [-0.4, -0.2) is 82.0 Å². The van der Waals surface area contributed by atoms with Crippen molar-refractivity contribution in [2.24, 2.45) is 10.8 Å². The maximum absolute atomic E-state index is 13.2. The Balaban J connectivity index is 1.56. The van der Waals surface area contributed by atoms with Crippen molar-refractivity contribution in [3.8, 4) is 0 Å². The fraction of sp³-hybridized carbons (Fsp3) is 0.442. The van der Waals surface area contributed by atoms with Crippen LogP contribution in [0.5, 0.6) is 0 Å². The SMILES string of the molecule is C/C=C\C1OC(=O)c2coc(n2)CC(OC)/C=C/C=C\C=C\CC(C(C)(C)C(O)/C=C/C)OC(=O)c2coc(n2)/C=C/C=C/C2OC2/C=C/CC(O)C1(C)C. The first-order valence-electron chi connectivity index (χ1n) is 18.4. The minimum atomic E-state index is -0.877. The van der Waals surface area contributed by atoms with Gasteiger partial charge < -0.3 is 38.0 Å². The Morgan fingerprint density at radius 1 is 0.873 bits per heavy atom. The van der Waals surface area contributed by atoms with Crippen molar-refractivity contribution >= 4 is 18.0 Å². The number of aromatic nitrogens is 2. The van der Waals surface area contributed by atoms with Crippen LogP contribution in [0, 0.1) is 10.8 Å². The highest BCUT2D eigenvalue weighted by atomic mass is 16.6. The summed E-state index contributed by atoms with van der Waals surface area (Å²) < 4.78 is 34.1. The molecule has 2 aliphatic heterocycles.